The van der Waals surface area contributed by atoms with Crippen LogP contribution in [0.1, 0.15) is 17.5 Å². The predicted octanol–water partition coefficient (Wildman–Crippen LogP) is 2.75. The highest BCUT2D eigenvalue weighted by Gasteiger charge is 2.29. The van der Waals surface area contributed by atoms with Gasteiger partial charge in [0.05, 0.1) is 5.56 Å². The first-order valence-electron chi connectivity index (χ1n) is 5.91. The van der Waals surface area contributed by atoms with Gasteiger partial charge in [-0.2, -0.15) is 13.2 Å². The summed E-state index contributed by atoms with van der Waals surface area (Å²) in [5, 5.41) is 3.21. The Morgan fingerprint density at radius 3 is 2.22 bits per heavy atom. The molecular weight excluding hydrogens is 241 g/mol. The summed E-state index contributed by atoms with van der Waals surface area (Å²) < 4.78 is 37.0. The Hall–Kier alpha value is -1.07. The van der Waals surface area contributed by atoms with Gasteiger partial charge in [-0.1, -0.05) is 12.1 Å². The molecular formula is C13H19F3N2. The molecule has 102 valence electrons. The van der Waals surface area contributed by atoms with Gasteiger partial charge in [0.15, 0.2) is 0 Å². The topological polar surface area (TPSA) is 15.3 Å². The highest BCUT2D eigenvalue weighted by atomic mass is 19.4. The number of halogens is 3. The van der Waals surface area contributed by atoms with E-state index in [9.17, 15) is 13.2 Å². The molecule has 0 aliphatic carbocycles. The average molecular weight is 260 g/mol. The van der Waals surface area contributed by atoms with Crippen molar-refractivity contribution in [1.82, 2.24) is 10.2 Å². The zero-order valence-corrected chi connectivity index (χ0v) is 10.7. The van der Waals surface area contributed by atoms with Crippen molar-refractivity contribution in [2.45, 2.75) is 19.1 Å². The summed E-state index contributed by atoms with van der Waals surface area (Å²) in [6.45, 7) is 2.46. The molecule has 0 spiro atoms. The van der Waals surface area contributed by atoms with Crippen LogP contribution in [0.5, 0.6) is 0 Å². The molecule has 0 unspecified atom stereocenters. The Kier molecular flexibility index (Phi) is 5.62. The molecule has 0 radical (unpaired) electrons. The maximum Gasteiger partial charge on any atom is 0.416 e. The van der Waals surface area contributed by atoms with E-state index in [1.54, 1.807) is 0 Å². The second-order valence-corrected chi connectivity index (χ2v) is 4.53. The minimum Gasteiger partial charge on any atom is -0.313 e. The van der Waals surface area contributed by atoms with Gasteiger partial charge in [0.1, 0.15) is 0 Å². The van der Waals surface area contributed by atoms with E-state index < -0.39 is 11.7 Å². The highest BCUT2D eigenvalue weighted by Crippen LogP contribution is 2.28. The Bertz CT molecular complexity index is 344. The quantitative estimate of drug-likeness (QED) is 0.791. The summed E-state index contributed by atoms with van der Waals surface area (Å²) in [7, 11) is 4.02. The van der Waals surface area contributed by atoms with Crippen LogP contribution in [0.2, 0.25) is 0 Å². The second-order valence-electron chi connectivity index (χ2n) is 4.53. The molecule has 0 aliphatic rings. The molecule has 1 aromatic rings. The van der Waals surface area contributed by atoms with Crippen LogP contribution < -0.4 is 5.32 Å². The minimum atomic E-state index is -4.25. The van der Waals surface area contributed by atoms with Crippen LogP contribution in [0.4, 0.5) is 13.2 Å². The van der Waals surface area contributed by atoms with Crippen molar-refractivity contribution in [3.8, 4) is 0 Å². The Morgan fingerprint density at radius 1 is 1.11 bits per heavy atom. The van der Waals surface area contributed by atoms with Gasteiger partial charge in [0, 0.05) is 6.54 Å². The van der Waals surface area contributed by atoms with Gasteiger partial charge in [-0.3, -0.25) is 0 Å². The summed E-state index contributed by atoms with van der Waals surface area (Å²) in [6, 6.07) is 5.28. The van der Waals surface area contributed by atoms with Gasteiger partial charge in [0.25, 0.3) is 0 Å². The van der Waals surface area contributed by atoms with Crippen molar-refractivity contribution in [1.29, 1.82) is 0 Å². The fourth-order valence-corrected chi connectivity index (χ4v) is 1.56. The van der Waals surface area contributed by atoms with Crippen molar-refractivity contribution in [2.75, 3.05) is 27.2 Å². The van der Waals surface area contributed by atoms with Gasteiger partial charge in [-0.05, 0) is 51.3 Å². The summed E-state index contributed by atoms with van der Waals surface area (Å²) >= 11 is 0. The fourth-order valence-electron chi connectivity index (χ4n) is 1.56. The van der Waals surface area contributed by atoms with E-state index >= 15 is 0 Å². The lowest BCUT2D eigenvalue weighted by Crippen LogP contribution is -2.21. The number of alkyl halides is 3. The summed E-state index contributed by atoms with van der Waals surface area (Å²) in [6.07, 6.45) is -3.23. The molecule has 5 heteroatoms. The lowest BCUT2D eigenvalue weighted by molar-refractivity contribution is -0.137. The number of hydrogen-bond acceptors (Lipinski definition) is 2. The van der Waals surface area contributed by atoms with Crippen molar-refractivity contribution < 1.29 is 13.2 Å². The van der Waals surface area contributed by atoms with Crippen LogP contribution >= 0.6 is 0 Å². The number of nitrogens with zero attached hydrogens (tertiary/aromatic N) is 1. The van der Waals surface area contributed by atoms with Crippen LogP contribution in [0.15, 0.2) is 24.3 Å². The second kappa shape index (κ2) is 6.75. The first-order valence-corrected chi connectivity index (χ1v) is 5.91. The maximum absolute atomic E-state index is 12.3. The van der Waals surface area contributed by atoms with Crippen molar-refractivity contribution in [3.05, 3.63) is 35.4 Å². The van der Waals surface area contributed by atoms with E-state index in [2.05, 4.69) is 10.2 Å². The van der Waals surface area contributed by atoms with Gasteiger partial charge in [-0.15, -0.1) is 0 Å². The molecule has 1 rings (SSSR count). The molecule has 0 aliphatic heterocycles. The fraction of sp³-hybridized carbons (Fsp3) is 0.538. The molecule has 0 heterocycles. The van der Waals surface area contributed by atoms with Crippen LogP contribution in [0, 0.1) is 0 Å². The van der Waals surface area contributed by atoms with E-state index in [4.69, 9.17) is 0 Å². The zero-order chi connectivity index (χ0) is 13.6. The minimum absolute atomic E-state index is 0.598. The smallest absolute Gasteiger partial charge is 0.313 e. The third kappa shape index (κ3) is 5.51. The number of nitrogens with one attached hydrogen (secondary N) is 1. The summed E-state index contributed by atoms with van der Waals surface area (Å²) in [5.74, 6) is 0. The number of hydrogen-bond donors (Lipinski definition) is 1. The van der Waals surface area contributed by atoms with E-state index in [0.717, 1.165) is 37.2 Å². The molecule has 0 fully saturated rings. The van der Waals surface area contributed by atoms with E-state index in [-0.39, 0.29) is 0 Å². The van der Waals surface area contributed by atoms with Crippen molar-refractivity contribution in [2.24, 2.45) is 0 Å². The zero-order valence-electron chi connectivity index (χ0n) is 10.7. The lowest BCUT2D eigenvalue weighted by atomic mass is 10.1. The molecule has 1 aromatic carbocycles. The third-order valence-corrected chi connectivity index (χ3v) is 2.57. The van der Waals surface area contributed by atoms with Crippen LogP contribution in [0.25, 0.3) is 0 Å². The number of rotatable bonds is 6. The molecule has 0 aromatic heterocycles. The van der Waals surface area contributed by atoms with E-state index in [1.165, 1.54) is 12.1 Å². The molecule has 0 atom stereocenters. The molecule has 18 heavy (non-hydrogen) atoms. The third-order valence-electron chi connectivity index (χ3n) is 2.57. The predicted molar refractivity (Wildman–Crippen MR) is 66.3 cm³/mol. The molecule has 2 nitrogen and oxygen atoms in total. The Morgan fingerprint density at radius 2 is 1.72 bits per heavy atom. The molecule has 0 saturated carbocycles. The van der Waals surface area contributed by atoms with E-state index in [0.29, 0.717) is 6.54 Å². The standard InChI is InChI=1S/C13H19F3N2/c1-18(2)9-3-8-17-10-11-4-6-12(7-5-11)13(14,15)16/h4-7,17H,3,8-10H2,1-2H3. The van der Waals surface area contributed by atoms with Crippen LogP contribution in [-0.2, 0) is 12.7 Å². The molecule has 0 amide bonds. The molecule has 1 N–H and O–H groups in total. The summed E-state index contributed by atoms with van der Waals surface area (Å²) in [4.78, 5) is 2.10. The summed E-state index contributed by atoms with van der Waals surface area (Å²) in [5.41, 5.74) is 0.270. The van der Waals surface area contributed by atoms with Crippen LogP contribution in [-0.4, -0.2) is 32.1 Å². The van der Waals surface area contributed by atoms with Crippen LogP contribution in [0.3, 0.4) is 0 Å². The Labute approximate surface area is 106 Å². The average Bonchev–Trinajstić information content (AvgIpc) is 2.27. The van der Waals surface area contributed by atoms with E-state index in [1.807, 2.05) is 14.1 Å². The van der Waals surface area contributed by atoms with Gasteiger partial charge in [0.2, 0.25) is 0 Å². The monoisotopic (exact) mass is 260 g/mol. The lowest BCUT2D eigenvalue weighted by Gasteiger charge is -2.10. The van der Waals surface area contributed by atoms with Crippen molar-refractivity contribution in [3.63, 3.8) is 0 Å². The maximum atomic E-state index is 12.3. The first kappa shape index (κ1) is 15.0. The Balaban J connectivity index is 2.31. The van der Waals surface area contributed by atoms with Crippen molar-refractivity contribution >= 4 is 0 Å². The van der Waals surface area contributed by atoms with Gasteiger partial charge >= 0.3 is 6.18 Å². The number of benzene rings is 1. The van der Waals surface area contributed by atoms with Gasteiger partial charge < -0.3 is 10.2 Å². The van der Waals surface area contributed by atoms with Gasteiger partial charge in [-0.25, -0.2) is 0 Å². The highest BCUT2D eigenvalue weighted by molar-refractivity contribution is 5.24. The normalized spacial score (nSPS) is 12.1. The SMILES string of the molecule is CN(C)CCCNCc1ccc(C(F)(F)F)cc1. The largest absolute Gasteiger partial charge is 0.416 e. The first-order chi connectivity index (χ1) is 8.39. The molecule has 0 saturated heterocycles. The molecule has 0 bridgehead atoms.